The molecule has 20 heavy (non-hydrogen) atoms. The zero-order chi connectivity index (χ0) is 14.8. The topological polar surface area (TPSA) is 17.2 Å². The van der Waals surface area contributed by atoms with Crippen molar-refractivity contribution in [3.05, 3.63) is 59.2 Å². The van der Waals surface area contributed by atoms with E-state index in [0.29, 0.717) is 5.69 Å². The van der Waals surface area contributed by atoms with Crippen molar-refractivity contribution >= 4 is 5.69 Å². The summed E-state index contributed by atoms with van der Waals surface area (Å²) in [6.45, 7) is 15.8. The van der Waals surface area contributed by atoms with Gasteiger partial charge in [-0.2, -0.15) is 0 Å². The van der Waals surface area contributed by atoms with E-state index in [9.17, 15) is 0 Å². The van der Waals surface area contributed by atoms with Crippen LogP contribution in [-0.2, 0) is 11.8 Å². The summed E-state index contributed by atoms with van der Waals surface area (Å²) in [7, 11) is 0. The molecular formula is C18H20N2. The number of hydrogen-bond acceptors (Lipinski definition) is 1. The smallest absolute Gasteiger partial charge is 0.187 e. The molecule has 0 unspecified atom stereocenters. The number of aromatic nitrogens is 1. The summed E-state index contributed by atoms with van der Waals surface area (Å²) in [6.07, 6.45) is 2.91. The van der Waals surface area contributed by atoms with Crippen LogP contribution in [0.5, 0.6) is 0 Å². The molecule has 0 aliphatic rings. The van der Waals surface area contributed by atoms with Crippen molar-refractivity contribution < 1.29 is 0 Å². The highest BCUT2D eigenvalue weighted by Crippen LogP contribution is 2.30. The minimum Gasteiger partial charge on any atom is -0.260 e. The van der Waals surface area contributed by atoms with Gasteiger partial charge in [-0.15, -0.1) is 0 Å². The second-order valence-corrected chi connectivity index (χ2v) is 5.99. The Morgan fingerprint density at radius 1 is 1.20 bits per heavy atom. The summed E-state index contributed by atoms with van der Waals surface area (Å²) in [5, 5.41) is 0. The van der Waals surface area contributed by atoms with Crippen LogP contribution in [0.15, 0.2) is 36.5 Å². The van der Waals surface area contributed by atoms with Gasteiger partial charge in [0.05, 0.1) is 6.57 Å². The lowest BCUT2D eigenvalue weighted by atomic mass is 9.89. The molecule has 0 fully saturated rings. The van der Waals surface area contributed by atoms with E-state index < -0.39 is 0 Å². The van der Waals surface area contributed by atoms with Gasteiger partial charge in [0.25, 0.3) is 0 Å². The molecule has 0 amide bonds. The highest BCUT2D eigenvalue weighted by Gasteiger charge is 2.17. The van der Waals surface area contributed by atoms with Gasteiger partial charge in [0.1, 0.15) is 0 Å². The van der Waals surface area contributed by atoms with Gasteiger partial charge in [-0.3, -0.25) is 4.98 Å². The molecule has 2 heteroatoms. The zero-order valence-electron chi connectivity index (χ0n) is 12.6. The molecule has 0 aliphatic heterocycles. The van der Waals surface area contributed by atoms with Crippen molar-refractivity contribution in [1.29, 1.82) is 0 Å². The maximum Gasteiger partial charge on any atom is 0.187 e. The van der Waals surface area contributed by atoms with Crippen LogP contribution in [0.25, 0.3) is 16.0 Å². The van der Waals surface area contributed by atoms with Crippen LogP contribution in [0.4, 0.5) is 5.69 Å². The standard InChI is InChI=1S/C18H20N2/c1-6-13-11-17(18(2,3)4)20-12-16(13)14-8-7-9-15(10-14)19-5/h7-12H,6H2,1-4H3. The average molecular weight is 264 g/mol. The molecular weight excluding hydrogens is 244 g/mol. The number of benzene rings is 1. The lowest BCUT2D eigenvalue weighted by Crippen LogP contribution is -2.14. The number of hydrogen-bond donors (Lipinski definition) is 0. The Hall–Kier alpha value is -2.14. The lowest BCUT2D eigenvalue weighted by molar-refractivity contribution is 0.568. The van der Waals surface area contributed by atoms with Crippen molar-refractivity contribution in [2.24, 2.45) is 0 Å². The number of nitrogens with zero attached hydrogens (tertiary/aromatic N) is 2. The molecule has 1 aromatic carbocycles. The summed E-state index contributed by atoms with van der Waals surface area (Å²) in [5.74, 6) is 0. The fraction of sp³-hybridized carbons (Fsp3) is 0.333. The van der Waals surface area contributed by atoms with Crippen molar-refractivity contribution in [2.75, 3.05) is 0 Å². The molecule has 2 rings (SSSR count). The van der Waals surface area contributed by atoms with Gasteiger partial charge in [0.15, 0.2) is 5.69 Å². The summed E-state index contributed by atoms with van der Waals surface area (Å²) >= 11 is 0. The van der Waals surface area contributed by atoms with Crippen LogP contribution in [-0.4, -0.2) is 4.98 Å². The quantitative estimate of drug-likeness (QED) is 0.685. The molecule has 0 saturated carbocycles. The predicted octanol–water partition coefficient (Wildman–Crippen LogP) is 5.16. The van der Waals surface area contributed by atoms with Crippen LogP contribution in [0.2, 0.25) is 0 Å². The van der Waals surface area contributed by atoms with Crippen LogP contribution in [0, 0.1) is 6.57 Å². The van der Waals surface area contributed by atoms with Crippen molar-refractivity contribution in [2.45, 2.75) is 39.5 Å². The highest BCUT2D eigenvalue weighted by atomic mass is 14.7. The Morgan fingerprint density at radius 2 is 1.95 bits per heavy atom. The van der Waals surface area contributed by atoms with Crippen LogP contribution < -0.4 is 0 Å². The normalized spacial score (nSPS) is 11.2. The minimum absolute atomic E-state index is 0.0564. The molecule has 102 valence electrons. The van der Waals surface area contributed by atoms with E-state index >= 15 is 0 Å². The molecule has 0 spiro atoms. The first-order chi connectivity index (χ1) is 9.45. The summed E-state index contributed by atoms with van der Waals surface area (Å²) in [6, 6.07) is 9.93. The first-order valence-electron chi connectivity index (χ1n) is 6.93. The lowest BCUT2D eigenvalue weighted by Gasteiger charge is -2.20. The fourth-order valence-corrected chi connectivity index (χ4v) is 2.20. The number of rotatable bonds is 2. The van der Waals surface area contributed by atoms with E-state index in [1.165, 1.54) is 5.56 Å². The molecule has 0 aliphatic carbocycles. The van der Waals surface area contributed by atoms with Gasteiger partial charge in [-0.05, 0) is 29.7 Å². The molecule has 1 heterocycles. The SMILES string of the molecule is [C-]#[N+]c1cccc(-c2cnc(C(C)(C)C)cc2CC)c1. The van der Waals surface area contributed by atoms with Gasteiger partial charge in [-0.1, -0.05) is 45.9 Å². The maximum absolute atomic E-state index is 7.13. The zero-order valence-corrected chi connectivity index (χ0v) is 12.6. The summed E-state index contributed by atoms with van der Waals surface area (Å²) < 4.78 is 0. The second kappa shape index (κ2) is 5.46. The van der Waals surface area contributed by atoms with E-state index in [1.807, 2.05) is 30.5 Å². The van der Waals surface area contributed by atoms with Crippen molar-refractivity contribution in [3.63, 3.8) is 0 Å². The van der Waals surface area contributed by atoms with E-state index in [-0.39, 0.29) is 5.41 Å². The van der Waals surface area contributed by atoms with Gasteiger partial charge in [0, 0.05) is 22.9 Å². The predicted molar refractivity (Wildman–Crippen MR) is 84.0 cm³/mol. The maximum atomic E-state index is 7.13. The monoisotopic (exact) mass is 264 g/mol. The Bertz CT molecular complexity index is 658. The third-order valence-corrected chi connectivity index (χ3v) is 3.43. The molecule has 0 N–H and O–H groups in total. The average Bonchev–Trinajstić information content (AvgIpc) is 2.45. The van der Waals surface area contributed by atoms with E-state index in [2.05, 4.69) is 43.6 Å². The van der Waals surface area contributed by atoms with Crippen LogP contribution in [0.3, 0.4) is 0 Å². The molecule has 0 bridgehead atoms. The molecule has 2 nitrogen and oxygen atoms in total. The third kappa shape index (κ3) is 2.88. The molecule has 0 radical (unpaired) electrons. The molecule has 0 atom stereocenters. The van der Waals surface area contributed by atoms with Crippen LogP contribution in [0.1, 0.15) is 39.0 Å². The summed E-state index contributed by atoms with van der Waals surface area (Å²) in [4.78, 5) is 8.11. The van der Waals surface area contributed by atoms with E-state index in [1.54, 1.807) is 0 Å². The highest BCUT2D eigenvalue weighted by molar-refractivity contribution is 5.70. The Labute approximate surface area is 121 Å². The van der Waals surface area contributed by atoms with Gasteiger partial charge < -0.3 is 0 Å². The molecule has 2 aromatic rings. The Morgan fingerprint density at radius 3 is 2.55 bits per heavy atom. The third-order valence-electron chi connectivity index (χ3n) is 3.43. The fourth-order valence-electron chi connectivity index (χ4n) is 2.20. The first kappa shape index (κ1) is 14.3. The van der Waals surface area contributed by atoms with E-state index in [0.717, 1.165) is 23.2 Å². The van der Waals surface area contributed by atoms with Crippen molar-refractivity contribution in [1.82, 2.24) is 4.98 Å². The largest absolute Gasteiger partial charge is 0.260 e. The molecule has 0 saturated heterocycles. The summed E-state index contributed by atoms with van der Waals surface area (Å²) in [5.41, 5.74) is 5.33. The minimum atomic E-state index is 0.0564. The molecule has 1 aromatic heterocycles. The number of pyridine rings is 1. The first-order valence-corrected chi connectivity index (χ1v) is 6.93. The van der Waals surface area contributed by atoms with Gasteiger partial charge in [-0.25, -0.2) is 4.85 Å². The Balaban J connectivity index is 2.55. The second-order valence-electron chi connectivity index (χ2n) is 5.99. The van der Waals surface area contributed by atoms with Crippen LogP contribution >= 0.6 is 0 Å². The number of aryl methyl sites for hydroxylation is 1. The van der Waals surface area contributed by atoms with Crippen molar-refractivity contribution in [3.8, 4) is 11.1 Å². The van der Waals surface area contributed by atoms with Gasteiger partial charge >= 0.3 is 0 Å². The van der Waals surface area contributed by atoms with Gasteiger partial charge in [0.2, 0.25) is 0 Å². The Kier molecular flexibility index (Phi) is 3.90. The van der Waals surface area contributed by atoms with E-state index in [4.69, 9.17) is 6.57 Å².